The Bertz CT molecular complexity index is 1300. The van der Waals surface area contributed by atoms with Crippen molar-refractivity contribution < 1.29 is 19.1 Å². The highest BCUT2D eigenvalue weighted by atomic mass is 32.1. The number of nitrogens with zero attached hydrogens (tertiary/aromatic N) is 3. The van der Waals surface area contributed by atoms with Crippen molar-refractivity contribution in [3.05, 3.63) is 46.9 Å². The number of urea groups is 1. The minimum Gasteiger partial charge on any atom is -0.465 e. The zero-order valence-electron chi connectivity index (χ0n) is 21.1. The van der Waals surface area contributed by atoms with E-state index in [1.165, 1.54) is 31.1 Å². The van der Waals surface area contributed by atoms with Crippen molar-refractivity contribution in [2.24, 2.45) is 0 Å². The molecule has 0 spiro atoms. The molecule has 0 bridgehead atoms. The van der Waals surface area contributed by atoms with Crippen LogP contribution in [0.25, 0.3) is 21.7 Å². The molecule has 4 rings (SSSR count). The average Bonchev–Trinajstić information content (AvgIpc) is 3.30. The van der Waals surface area contributed by atoms with Gasteiger partial charge < -0.3 is 15.4 Å². The number of rotatable bonds is 7. The summed E-state index contributed by atoms with van der Waals surface area (Å²) in [6.45, 7) is 4.10. The fourth-order valence-corrected chi connectivity index (χ4v) is 5.29. The van der Waals surface area contributed by atoms with Gasteiger partial charge in [-0.15, -0.1) is 11.3 Å². The minimum absolute atomic E-state index is 0.126. The van der Waals surface area contributed by atoms with E-state index in [-0.39, 0.29) is 18.0 Å². The maximum atomic E-state index is 13.1. The molecule has 0 unspecified atom stereocenters. The third-order valence-electron chi connectivity index (χ3n) is 6.13. The van der Waals surface area contributed by atoms with Gasteiger partial charge in [0.05, 0.1) is 18.4 Å². The molecule has 0 radical (unpaired) electrons. The summed E-state index contributed by atoms with van der Waals surface area (Å²) < 4.78 is 4.83. The summed E-state index contributed by atoms with van der Waals surface area (Å²) in [6.07, 6.45) is 10.1. The van der Waals surface area contributed by atoms with Crippen molar-refractivity contribution in [3.8, 4) is 21.7 Å². The molecule has 11 heteroatoms. The lowest BCUT2D eigenvalue weighted by atomic mass is 9.95. The lowest BCUT2D eigenvalue weighted by Gasteiger charge is -2.22. The maximum Gasteiger partial charge on any atom is 0.339 e. The predicted octanol–water partition coefficient (Wildman–Crippen LogP) is 4.57. The molecule has 1 saturated carbocycles. The summed E-state index contributed by atoms with van der Waals surface area (Å²) in [5.74, 6) is -0.313. The van der Waals surface area contributed by atoms with Crippen LogP contribution in [0.1, 0.15) is 64.8 Å². The number of aryl methyl sites for hydroxylation is 1. The molecule has 1 fully saturated rings. The van der Waals surface area contributed by atoms with Gasteiger partial charge in [-0.25, -0.2) is 19.6 Å². The lowest BCUT2D eigenvalue weighted by Crippen LogP contribution is -2.36. The van der Waals surface area contributed by atoms with Crippen LogP contribution in [0.2, 0.25) is 0 Å². The summed E-state index contributed by atoms with van der Waals surface area (Å²) in [6, 6.07) is 3.16. The minimum atomic E-state index is -0.509. The van der Waals surface area contributed by atoms with Gasteiger partial charge in [-0.2, -0.15) is 0 Å². The molecule has 37 heavy (non-hydrogen) atoms. The van der Waals surface area contributed by atoms with Crippen LogP contribution in [0.3, 0.4) is 0 Å². The first-order valence-corrected chi connectivity index (χ1v) is 13.1. The highest BCUT2D eigenvalue weighted by Crippen LogP contribution is 2.37. The number of ether oxygens (including phenoxy) is 1. The van der Waals surface area contributed by atoms with Crippen molar-refractivity contribution >= 4 is 35.1 Å². The number of carbonyl (C=O) groups excluding carboxylic acids is 3. The van der Waals surface area contributed by atoms with E-state index in [1.807, 2.05) is 13.8 Å². The Hall–Kier alpha value is -3.86. The van der Waals surface area contributed by atoms with Crippen LogP contribution in [0.5, 0.6) is 0 Å². The van der Waals surface area contributed by atoms with E-state index in [0.717, 1.165) is 25.7 Å². The van der Waals surface area contributed by atoms with E-state index in [1.54, 1.807) is 24.5 Å². The monoisotopic (exact) mass is 522 g/mol. The molecule has 3 heterocycles. The average molecular weight is 523 g/mol. The second-order valence-corrected chi connectivity index (χ2v) is 9.79. The van der Waals surface area contributed by atoms with E-state index in [0.29, 0.717) is 50.2 Å². The topological polar surface area (TPSA) is 135 Å². The Morgan fingerprint density at radius 3 is 2.59 bits per heavy atom. The molecular weight excluding hydrogens is 492 g/mol. The number of carbonyl (C=O) groups is 3. The molecule has 194 valence electrons. The van der Waals surface area contributed by atoms with Gasteiger partial charge >= 0.3 is 12.0 Å². The van der Waals surface area contributed by atoms with Gasteiger partial charge in [0, 0.05) is 47.9 Å². The fraction of sp³-hybridized carbons (Fsp3) is 0.385. The van der Waals surface area contributed by atoms with Gasteiger partial charge in [0.25, 0.3) is 5.91 Å². The van der Waals surface area contributed by atoms with Crippen LogP contribution in [-0.2, 0) is 4.74 Å². The van der Waals surface area contributed by atoms with Gasteiger partial charge in [0.15, 0.2) is 0 Å². The van der Waals surface area contributed by atoms with Crippen molar-refractivity contribution in [1.29, 1.82) is 0 Å². The SMILES string of the molecule is CCNC(=O)Nc1cc(-c2nc(C)c(C(=O)NC3CCCCC3)s2)c(-c2cncc(C(=O)OC)c2)cn1. The molecule has 0 aromatic carbocycles. The first-order valence-electron chi connectivity index (χ1n) is 12.3. The van der Waals surface area contributed by atoms with Gasteiger partial charge in [-0.1, -0.05) is 19.3 Å². The number of pyridine rings is 2. The van der Waals surface area contributed by atoms with Crippen LogP contribution >= 0.6 is 11.3 Å². The number of aromatic nitrogens is 3. The Kier molecular flexibility index (Phi) is 8.44. The number of hydrogen-bond donors (Lipinski definition) is 3. The van der Waals surface area contributed by atoms with Crippen molar-refractivity contribution in [1.82, 2.24) is 25.6 Å². The van der Waals surface area contributed by atoms with Crippen LogP contribution in [0, 0.1) is 6.92 Å². The number of hydrogen-bond acceptors (Lipinski definition) is 8. The third-order valence-corrected chi connectivity index (χ3v) is 7.32. The molecule has 3 N–H and O–H groups in total. The number of methoxy groups -OCH3 is 1. The molecule has 3 aromatic heterocycles. The van der Waals surface area contributed by atoms with E-state index in [9.17, 15) is 14.4 Å². The predicted molar refractivity (Wildman–Crippen MR) is 142 cm³/mol. The van der Waals surface area contributed by atoms with E-state index in [4.69, 9.17) is 9.72 Å². The Balaban J connectivity index is 1.73. The number of anilines is 1. The molecule has 1 aliphatic carbocycles. The maximum absolute atomic E-state index is 13.1. The molecular formula is C26H30N6O4S. The van der Waals surface area contributed by atoms with Crippen LogP contribution in [-0.4, -0.2) is 52.6 Å². The highest BCUT2D eigenvalue weighted by Gasteiger charge is 2.23. The van der Waals surface area contributed by atoms with Gasteiger partial charge in [0.1, 0.15) is 15.7 Å². The standard InChI is InChI=1S/C26H30N6O4S/c1-4-28-26(35)32-21-11-19(20(14-29-21)16-10-17(13-27-12-16)25(34)36-3)24-30-15(2)22(37-24)23(33)31-18-8-6-5-7-9-18/h10-14,18H,4-9H2,1-3H3,(H,31,33)(H2,28,29,32,35). The molecule has 1 aliphatic rings. The first-order chi connectivity index (χ1) is 17.9. The Morgan fingerprint density at radius 1 is 1.08 bits per heavy atom. The molecule has 3 aromatic rings. The van der Waals surface area contributed by atoms with Crippen LogP contribution in [0.15, 0.2) is 30.7 Å². The summed E-state index contributed by atoms with van der Waals surface area (Å²) in [4.78, 5) is 51.1. The van der Waals surface area contributed by atoms with Crippen molar-refractivity contribution in [3.63, 3.8) is 0 Å². The summed E-state index contributed by atoms with van der Waals surface area (Å²) in [5, 5.41) is 9.14. The van der Waals surface area contributed by atoms with Crippen LogP contribution < -0.4 is 16.0 Å². The number of esters is 1. The van der Waals surface area contributed by atoms with Crippen molar-refractivity contribution in [2.75, 3.05) is 19.0 Å². The van der Waals surface area contributed by atoms with Gasteiger partial charge in [0.2, 0.25) is 0 Å². The third kappa shape index (κ3) is 6.29. The molecule has 3 amide bonds. The second-order valence-electron chi connectivity index (χ2n) is 8.80. The number of nitrogens with one attached hydrogen (secondary N) is 3. The Labute approximate surface area is 219 Å². The quantitative estimate of drug-likeness (QED) is 0.387. The normalized spacial score (nSPS) is 13.6. The molecule has 10 nitrogen and oxygen atoms in total. The molecule has 0 saturated heterocycles. The molecule has 0 atom stereocenters. The summed E-state index contributed by atoms with van der Waals surface area (Å²) in [7, 11) is 1.31. The molecule has 0 aliphatic heterocycles. The highest BCUT2D eigenvalue weighted by molar-refractivity contribution is 7.17. The zero-order valence-corrected chi connectivity index (χ0v) is 21.9. The van der Waals surface area contributed by atoms with E-state index < -0.39 is 5.97 Å². The number of amides is 3. The second kappa shape index (κ2) is 11.9. The van der Waals surface area contributed by atoms with E-state index in [2.05, 4.69) is 25.9 Å². The van der Waals surface area contributed by atoms with Crippen LogP contribution in [0.4, 0.5) is 10.6 Å². The first kappa shape index (κ1) is 26.2. The fourth-order valence-electron chi connectivity index (χ4n) is 4.29. The van der Waals surface area contributed by atoms with Crippen molar-refractivity contribution in [2.45, 2.75) is 52.0 Å². The zero-order chi connectivity index (χ0) is 26.4. The smallest absolute Gasteiger partial charge is 0.339 e. The lowest BCUT2D eigenvalue weighted by molar-refractivity contribution is 0.0600. The Morgan fingerprint density at radius 2 is 1.86 bits per heavy atom. The number of thiazole rings is 1. The van der Waals surface area contributed by atoms with Gasteiger partial charge in [-0.05, 0) is 38.8 Å². The largest absolute Gasteiger partial charge is 0.465 e. The summed E-state index contributed by atoms with van der Waals surface area (Å²) >= 11 is 1.28. The van der Waals surface area contributed by atoms with Gasteiger partial charge in [-0.3, -0.25) is 15.1 Å². The summed E-state index contributed by atoms with van der Waals surface area (Å²) in [5.41, 5.74) is 2.83. The van der Waals surface area contributed by atoms with E-state index >= 15 is 0 Å².